The van der Waals surface area contributed by atoms with E-state index in [0.717, 1.165) is 6.07 Å². The number of sulfonamides is 1. The summed E-state index contributed by atoms with van der Waals surface area (Å²) in [5.74, 6) is -0.873. The maximum Gasteiger partial charge on any atom is 0.243 e. The highest BCUT2D eigenvalue weighted by molar-refractivity contribution is 7.89. The molecule has 0 radical (unpaired) electrons. The molecule has 1 heterocycles. The molecule has 0 bridgehead atoms. The zero-order valence-electron chi connectivity index (χ0n) is 15.9. The van der Waals surface area contributed by atoms with Crippen LogP contribution in [0.4, 0.5) is 10.1 Å². The molecule has 0 saturated carbocycles. The highest BCUT2D eigenvalue weighted by Crippen LogP contribution is 2.20. The lowest BCUT2D eigenvalue weighted by atomic mass is 10.1. The topological polar surface area (TPSA) is 93.5 Å². The monoisotopic (exact) mass is 416 g/mol. The van der Waals surface area contributed by atoms with Gasteiger partial charge in [0.25, 0.3) is 0 Å². The quantitative estimate of drug-likeness (QED) is 0.805. The van der Waals surface area contributed by atoms with Crippen molar-refractivity contribution in [3.8, 4) is 6.07 Å². The Kier molecular flexibility index (Phi) is 6.27. The van der Waals surface area contributed by atoms with Crippen LogP contribution in [0.3, 0.4) is 0 Å². The maximum absolute atomic E-state index is 13.4. The Balaban J connectivity index is 1.63. The van der Waals surface area contributed by atoms with Crippen LogP contribution in [0, 0.1) is 17.1 Å². The summed E-state index contributed by atoms with van der Waals surface area (Å²) in [5.41, 5.74) is 0.818. The van der Waals surface area contributed by atoms with E-state index in [-0.39, 0.29) is 23.9 Å². The highest BCUT2D eigenvalue weighted by atomic mass is 32.2. The summed E-state index contributed by atoms with van der Waals surface area (Å²) in [5, 5.41) is 11.9. The van der Waals surface area contributed by atoms with Crippen molar-refractivity contribution < 1.29 is 17.6 Å². The van der Waals surface area contributed by atoms with Crippen LogP contribution < -0.4 is 5.32 Å². The minimum absolute atomic E-state index is 0.0788. The van der Waals surface area contributed by atoms with Crippen LogP contribution in [0.15, 0.2) is 53.4 Å². The minimum Gasteiger partial charge on any atom is -0.324 e. The molecule has 9 heteroatoms. The number of carbonyl (C=O) groups is 1. The van der Waals surface area contributed by atoms with Crippen LogP contribution in [0.1, 0.15) is 12.5 Å². The third kappa shape index (κ3) is 4.62. The molecule has 2 aromatic rings. The molecule has 1 aliphatic rings. The lowest BCUT2D eigenvalue weighted by Gasteiger charge is -2.36. The second-order valence-electron chi connectivity index (χ2n) is 6.72. The maximum atomic E-state index is 13.4. The molecule has 2 aromatic carbocycles. The Bertz CT molecular complexity index is 1040. The van der Waals surface area contributed by atoms with Crippen molar-refractivity contribution in [2.75, 3.05) is 31.5 Å². The Morgan fingerprint density at radius 1 is 1.14 bits per heavy atom. The van der Waals surface area contributed by atoms with E-state index >= 15 is 0 Å². The van der Waals surface area contributed by atoms with Gasteiger partial charge in [0.15, 0.2) is 0 Å². The Labute approximate surface area is 169 Å². The first-order valence-corrected chi connectivity index (χ1v) is 10.6. The molecular formula is C20H21FN4O3S. The van der Waals surface area contributed by atoms with Crippen molar-refractivity contribution in [3.63, 3.8) is 0 Å². The number of rotatable bonds is 5. The average molecular weight is 416 g/mol. The Morgan fingerprint density at radius 3 is 2.48 bits per heavy atom. The predicted octanol–water partition coefficient (Wildman–Crippen LogP) is 2.03. The smallest absolute Gasteiger partial charge is 0.243 e. The average Bonchev–Trinajstić information content (AvgIpc) is 2.73. The molecule has 1 fully saturated rings. The number of amides is 1. The van der Waals surface area contributed by atoms with Crippen molar-refractivity contribution in [2.24, 2.45) is 0 Å². The second kappa shape index (κ2) is 8.69. The first kappa shape index (κ1) is 20.9. The van der Waals surface area contributed by atoms with Crippen molar-refractivity contribution in [2.45, 2.75) is 17.9 Å². The summed E-state index contributed by atoms with van der Waals surface area (Å²) in [6, 6.07) is 13.2. The van der Waals surface area contributed by atoms with Crippen LogP contribution in [0.2, 0.25) is 0 Å². The van der Waals surface area contributed by atoms with Gasteiger partial charge in [0.2, 0.25) is 15.9 Å². The van der Waals surface area contributed by atoms with Gasteiger partial charge in [-0.05, 0) is 37.3 Å². The van der Waals surface area contributed by atoms with E-state index in [2.05, 4.69) is 5.32 Å². The van der Waals surface area contributed by atoms with Crippen molar-refractivity contribution in [3.05, 3.63) is 59.9 Å². The number of halogens is 1. The first-order chi connectivity index (χ1) is 13.8. The highest BCUT2D eigenvalue weighted by Gasteiger charge is 2.32. The number of para-hydroxylation sites is 1. The van der Waals surface area contributed by atoms with Gasteiger partial charge in [-0.3, -0.25) is 9.69 Å². The number of piperazine rings is 1. The van der Waals surface area contributed by atoms with Crippen LogP contribution >= 0.6 is 0 Å². The molecule has 7 nitrogen and oxygen atoms in total. The number of carbonyl (C=O) groups excluding carboxylic acids is 1. The molecule has 1 N–H and O–H groups in total. The lowest BCUT2D eigenvalue weighted by molar-refractivity contribution is -0.121. The van der Waals surface area contributed by atoms with Gasteiger partial charge in [0.1, 0.15) is 11.9 Å². The van der Waals surface area contributed by atoms with E-state index < -0.39 is 21.9 Å². The van der Waals surface area contributed by atoms with E-state index in [1.807, 2.05) is 11.0 Å². The molecular weight excluding hydrogens is 395 g/mol. The molecule has 0 unspecified atom stereocenters. The molecule has 1 aliphatic heterocycles. The van der Waals surface area contributed by atoms with E-state index in [0.29, 0.717) is 24.3 Å². The fraction of sp³-hybridized carbons (Fsp3) is 0.300. The molecule has 1 atom stereocenters. The number of nitrogens with zero attached hydrogens (tertiary/aromatic N) is 3. The normalized spacial score (nSPS) is 16.7. The number of nitriles is 1. The molecule has 3 rings (SSSR count). The molecule has 152 valence electrons. The van der Waals surface area contributed by atoms with E-state index in [1.165, 1.54) is 22.5 Å². The van der Waals surface area contributed by atoms with Gasteiger partial charge >= 0.3 is 0 Å². The van der Waals surface area contributed by atoms with Gasteiger partial charge in [0, 0.05) is 26.2 Å². The zero-order chi connectivity index (χ0) is 21.0. The zero-order valence-corrected chi connectivity index (χ0v) is 16.7. The van der Waals surface area contributed by atoms with Crippen LogP contribution in [-0.2, 0) is 14.8 Å². The summed E-state index contributed by atoms with van der Waals surface area (Å²) in [6.07, 6.45) is 0. The van der Waals surface area contributed by atoms with Gasteiger partial charge in [-0.25, -0.2) is 12.8 Å². The van der Waals surface area contributed by atoms with Crippen LogP contribution in [0.25, 0.3) is 0 Å². The summed E-state index contributed by atoms with van der Waals surface area (Å²) in [7, 11) is -3.78. The van der Waals surface area contributed by atoms with Crippen LogP contribution in [-0.4, -0.2) is 55.8 Å². The summed E-state index contributed by atoms with van der Waals surface area (Å²) >= 11 is 0. The van der Waals surface area contributed by atoms with E-state index in [9.17, 15) is 17.6 Å². The standard InChI is InChI=1S/C20H21FN4O3S/c1-15(20(26)23-19-8-3-2-5-16(19)14-22)24-9-11-25(12-10-24)29(27,28)18-7-4-6-17(21)13-18/h2-8,13,15H,9-12H2,1H3,(H,23,26)/t15-/m1/s1. The summed E-state index contributed by atoms with van der Waals surface area (Å²) in [4.78, 5) is 14.4. The third-order valence-corrected chi connectivity index (χ3v) is 6.83. The minimum atomic E-state index is -3.78. The molecule has 0 aromatic heterocycles. The fourth-order valence-corrected chi connectivity index (χ4v) is 4.65. The predicted molar refractivity (Wildman–Crippen MR) is 106 cm³/mol. The number of anilines is 1. The van der Waals surface area contributed by atoms with E-state index in [1.54, 1.807) is 31.2 Å². The molecule has 29 heavy (non-hydrogen) atoms. The summed E-state index contributed by atoms with van der Waals surface area (Å²) < 4.78 is 40.1. The second-order valence-corrected chi connectivity index (χ2v) is 8.66. The van der Waals surface area contributed by atoms with Gasteiger partial charge in [-0.15, -0.1) is 0 Å². The summed E-state index contributed by atoms with van der Waals surface area (Å²) in [6.45, 7) is 2.86. The van der Waals surface area contributed by atoms with E-state index in [4.69, 9.17) is 5.26 Å². The van der Waals surface area contributed by atoms with Gasteiger partial charge in [0.05, 0.1) is 22.2 Å². The molecule has 0 aliphatic carbocycles. The van der Waals surface area contributed by atoms with Gasteiger partial charge < -0.3 is 5.32 Å². The number of hydrogen-bond acceptors (Lipinski definition) is 5. The third-order valence-electron chi connectivity index (χ3n) is 4.94. The number of nitrogens with one attached hydrogen (secondary N) is 1. The van der Waals surface area contributed by atoms with Crippen molar-refractivity contribution >= 4 is 21.6 Å². The largest absolute Gasteiger partial charge is 0.324 e. The molecule has 1 saturated heterocycles. The number of hydrogen-bond donors (Lipinski definition) is 1. The Hall–Kier alpha value is -2.80. The van der Waals surface area contributed by atoms with Gasteiger partial charge in [-0.2, -0.15) is 9.57 Å². The molecule has 1 amide bonds. The van der Waals surface area contributed by atoms with Crippen molar-refractivity contribution in [1.82, 2.24) is 9.21 Å². The number of benzene rings is 2. The SMILES string of the molecule is C[C@H](C(=O)Nc1ccccc1C#N)N1CCN(S(=O)(=O)c2cccc(F)c2)CC1. The lowest BCUT2D eigenvalue weighted by Crippen LogP contribution is -2.53. The fourth-order valence-electron chi connectivity index (χ4n) is 3.20. The molecule has 0 spiro atoms. The van der Waals surface area contributed by atoms with Crippen molar-refractivity contribution in [1.29, 1.82) is 5.26 Å². The Morgan fingerprint density at radius 2 is 1.83 bits per heavy atom. The first-order valence-electron chi connectivity index (χ1n) is 9.12. The van der Waals surface area contributed by atoms with Crippen LogP contribution in [0.5, 0.6) is 0 Å². The van der Waals surface area contributed by atoms with Gasteiger partial charge in [-0.1, -0.05) is 18.2 Å².